The van der Waals surface area contributed by atoms with E-state index in [1.807, 2.05) is 7.05 Å². The first-order valence-electron chi connectivity index (χ1n) is 6.06. The SMILES string of the molecule is Cc1ccccc1[C@H](C)NCc1ccn(C)c1. The molecule has 1 aromatic carbocycles. The molecule has 0 aliphatic heterocycles. The van der Waals surface area contributed by atoms with Crippen LogP contribution in [-0.4, -0.2) is 4.57 Å². The van der Waals surface area contributed by atoms with Gasteiger partial charge in [0.2, 0.25) is 0 Å². The fourth-order valence-corrected chi connectivity index (χ4v) is 2.12. The summed E-state index contributed by atoms with van der Waals surface area (Å²) >= 11 is 0. The lowest BCUT2D eigenvalue weighted by atomic mass is 10.0. The molecular weight excluding hydrogens is 208 g/mol. The monoisotopic (exact) mass is 228 g/mol. The highest BCUT2D eigenvalue weighted by atomic mass is 14.9. The van der Waals surface area contributed by atoms with Gasteiger partial charge in [0, 0.05) is 32.0 Å². The summed E-state index contributed by atoms with van der Waals surface area (Å²) in [7, 11) is 2.05. The van der Waals surface area contributed by atoms with Gasteiger partial charge < -0.3 is 9.88 Å². The molecule has 0 saturated heterocycles. The number of benzene rings is 1. The van der Waals surface area contributed by atoms with Crippen LogP contribution in [0.4, 0.5) is 0 Å². The molecule has 0 aliphatic rings. The Kier molecular flexibility index (Phi) is 3.64. The molecule has 17 heavy (non-hydrogen) atoms. The number of rotatable bonds is 4. The van der Waals surface area contributed by atoms with Crippen molar-refractivity contribution in [1.82, 2.24) is 9.88 Å². The molecular formula is C15H20N2. The lowest BCUT2D eigenvalue weighted by Crippen LogP contribution is -2.18. The quantitative estimate of drug-likeness (QED) is 0.850. The molecule has 2 aromatic rings. The van der Waals surface area contributed by atoms with E-state index in [-0.39, 0.29) is 0 Å². The van der Waals surface area contributed by atoms with Crippen molar-refractivity contribution in [1.29, 1.82) is 0 Å². The van der Waals surface area contributed by atoms with Crippen molar-refractivity contribution in [3.63, 3.8) is 0 Å². The molecule has 0 bridgehead atoms. The topological polar surface area (TPSA) is 17.0 Å². The molecule has 0 radical (unpaired) electrons. The van der Waals surface area contributed by atoms with Crippen molar-refractivity contribution in [3.05, 3.63) is 59.4 Å². The Morgan fingerprint density at radius 2 is 2.00 bits per heavy atom. The smallest absolute Gasteiger partial charge is 0.0297 e. The highest BCUT2D eigenvalue weighted by Crippen LogP contribution is 2.17. The molecule has 0 spiro atoms. The van der Waals surface area contributed by atoms with Gasteiger partial charge in [-0.1, -0.05) is 24.3 Å². The van der Waals surface area contributed by atoms with Crippen LogP contribution in [0.15, 0.2) is 42.7 Å². The van der Waals surface area contributed by atoms with Crippen molar-refractivity contribution in [2.45, 2.75) is 26.4 Å². The summed E-state index contributed by atoms with van der Waals surface area (Å²) in [6, 6.07) is 11.1. The van der Waals surface area contributed by atoms with Gasteiger partial charge in [0.15, 0.2) is 0 Å². The van der Waals surface area contributed by atoms with E-state index in [0.29, 0.717) is 6.04 Å². The molecule has 2 heteroatoms. The Hall–Kier alpha value is -1.54. The summed E-state index contributed by atoms with van der Waals surface area (Å²) < 4.78 is 2.08. The van der Waals surface area contributed by atoms with E-state index in [0.717, 1.165) is 6.54 Å². The van der Waals surface area contributed by atoms with Gasteiger partial charge in [0.1, 0.15) is 0 Å². The van der Waals surface area contributed by atoms with Gasteiger partial charge in [-0.05, 0) is 36.6 Å². The molecule has 1 heterocycles. The highest BCUT2D eigenvalue weighted by molar-refractivity contribution is 5.28. The second kappa shape index (κ2) is 5.19. The first-order chi connectivity index (χ1) is 8.16. The van der Waals surface area contributed by atoms with Crippen LogP contribution in [-0.2, 0) is 13.6 Å². The molecule has 1 atom stereocenters. The van der Waals surface area contributed by atoms with Gasteiger partial charge in [-0.3, -0.25) is 0 Å². The van der Waals surface area contributed by atoms with Crippen LogP contribution < -0.4 is 5.32 Å². The van der Waals surface area contributed by atoms with Crippen molar-refractivity contribution in [2.75, 3.05) is 0 Å². The minimum Gasteiger partial charge on any atom is -0.357 e. The van der Waals surface area contributed by atoms with Gasteiger partial charge in [-0.2, -0.15) is 0 Å². The van der Waals surface area contributed by atoms with Crippen LogP contribution in [0.2, 0.25) is 0 Å². The summed E-state index contributed by atoms with van der Waals surface area (Å²) in [5, 5.41) is 3.56. The van der Waals surface area contributed by atoms with Gasteiger partial charge in [-0.15, -0.1) is 0 Å². The van der Waals surface area contributed by atoms with E-state index >= 15 is 0 Å². The van der Waals surface area contributed by atoms with Crippen molar-refractivity contribution < 1.29 is 0 Å². The van der Waals surface area contributed by atoms with E-state index in [1.54, 1.807) is 0 Å². The Morgan fingerprint density at radius 1 is 1.24 bits per heavy atom. The molecule has 2 nitrogen and oxygen atoms in total. The maximum absolute atomic E-state index is 3.56. The van der Waals surface area contributed by atoms with E-state index in [1.165, 1.54) is 16.7 Å². The predicted molar refractivity (Wildman–Crippen MR) is 71.8 cm³/mol. The molecule has 0 saturated carbocycles. The van der Waals surface area contributed by atoms with Gasteiger partial charge in [-0.25, -0.2) is 0 Å². The Morgan fingerprint density at radius 3 is 2.65 bits per heavy atom. The maximum Gasteiger partial charge on any atom is 0.0297 e. The standard InChI is InChI=1S/C15H20N2/c1-12-6-4-5-7-15(12)13(2)16-10-14-8-9-17(3)11-14/h4-9,11,13,16H,10H2,1-3H3/t13-/m0/s1. The maximum atomic E-state index is 3.56. The fourth-order valence-electron chi connectivity index (χ4n) is 2.12. The zero-order valence-electron chi connectivity index (χ0n) is 10.8. The molecule has 0 unspecified atom stereocenters. The van der Waals surface area contributed by atoms with E-state index < -0.39 is 0 Å². The van der Waals surface area contributed by atoms with Gasteiger partial charge >= 0.3 is 0 Å². The van der Waals surface area contributed by atoms with E-state index in [4.69, 9.17) is 0 Å². The molecule has 0 amide bonds. The first-order valence-corrected chi connectivity index (χ1v) is 6.06. The van der Waals surface area contributed by atoms with Gasteiger partial charge in [0.25, 0.3) is 0 Å². The second-order valence-corrected chi connectivity index (χ2v) is 4.64. The van der Waals surface area contributed by atoms with E-state index in [9.17, 15) is 0 Å². The minimum absolute atomic E-state index is 0.386. The third kappa shape index (κ3) is 2.98. The lowest BCUT2D eigenvalue weighted by Gasteiger charge is -2.16. The normalized spacial score (nSPS) is 12.6. The van der Waals surface area contributed by atoms with Crippen LogP contribution in [0.3, 0.4) is 0 Å². The summed E-state index contributed by atoms with van der Waals surface area (Å²) in [4.78, 5) is 0. The van der Waals surface area contributed by atoms with Crippen molar-refractivity contribution >= 4 is 0 Å². The van der Waals surface area contributed by atoms with Crippen LogP contribution in [0.5, 0.6) is 0 Å². The number of hydrogen-bond acceptors (Lipinski definition) is 1. The Labute approximate surface area is 103 Å². The molecule has 1 N–H and O–H groups in total. The molecule has 0 aliphatic carbocycles. The van der Waals surface area contributed by atoms with Crippen LogP contribution >= 0.6 is 0 Å². The average Bonchev–Trinajstić information content (AvgIpc) is 2.73. The zero-order chi connectivity index (χ0) is 12.3. The summed E-state index contributed by atoms with van der Waals surface area (Å²) in [5.41, 5.74) is 4.05. The second-order valence-electron chi connectivity index (χ2n) is 4.64. The van der Waals surface area contributed by atoms with Crippen molar-refractivity contribution in [3.8, 4) is 0 Å². The van der Waals surface area contributed by atoms with Crippen molar-refractivity contribution in [2.24, 2.45) is 7.05 Å². The summed E-state index contributed by atoms with van der Waals surface area (Å²) in [6.07, 6.45) is 4.23. The minimum atomic E-state index is 0.386. The predicted octanol–water partition coefficient (Wildman–Crippen LogP) is 3.18. The zero-order valence-corrected chi connectivity index (χ0v) is 10.8. The third-order valence-electron chi connectivity index (χ3n) is 3.16. The lowest BCUT2D eigenvalue weighted by molar-refractivity contribution is 0.572. The van der Waals surface area contributed by atoms with Crippen LogP contribution in [0, 0.1) is 6.92 Å². The van der Waals surface area contributed by atoms with Crippen LogP contribution in [0.25, 0.3) is 0 Å². The Balaban J connectivity index is 1.98. The Bertz CT molecular complexity index is 485. The average molecular weight is 228 g/mol. The number of nitrogens with zero attached hydrogens (tertiary/aromatic N) is 1. The molecule has 2 rings (SSSR count). The number of nitrogens with one attached hydrogen (secondary N) is 1. The third-order valence-corrected chi connectivity index (χ3v) is 3.16. The molecule has 90 valence electrons. The largest absolute Gasteiger partial charge is 0.357 e. The highest BCUT2D eigenvalue weighted by Gasteiger charge is 2.07. The van der Waals surface area contributed by atoms with Crippen LogP contribution in [0.1, 0.15) is 29.7 Å². The summed E-state index contributed by atoms with van der Waals surface area (Å²) in [5.74, 6) is 0. The number of aromatic nitrogens is 1. The first kappa shape index (κ1) is 11.9. The number of aryl methyl sites for hydroxylation is 2. The fraction of sp³-hybridized carbons (Fsp3) is 0.333. The molecule has 0 fully saturated rings. The van der Waals surface area contributed by atoms with E-state index in [2.05, 4.69) is 66.5 Å². The summed E-state index contributed by atoms with van der Waals surface area (Å²) in [6.45, 7) is 5.29. The number of hydrogen-bond donors (Lipinski definition) is 1. The molecule has 1 aromatic heterocycles. The van der Waals surface area contributed by atoms with Gasteiger partial charge in [0.05, 0.1) is 0 Å².